The van der Waals surface area contributed by atoms with E-state index in [-0.39, 0.29) is 5.78 Å². The Bertz CT molecular complexity index is 329. The molecule has 0 aliphatic carbocycles. The van der Waals surface area contributed by atoms with Crippen molar-refractivity contribution in [2.75, 3.05) is 14.2 Å². The van der Waals surface area contributed by atoms with Crippen LogP contribution < -0.4 is 0 Å². The van der Waals surface area contributed by atoms with Crippen LogP contribution in [0.5, 0.6) is 0 Å². The zero-order valence-corrected chi connectivity index (χ0v) is 9.32. The van der Waals surface area contributed by atoms with Crippen molar-refractivity contribution in [3.63, 3.8) is 0 Å². The summed E-state index contributed by atoms with van der Waals surface area (Å²) in [6.07, 6.45) is -0.417. The Morgan fingerprint density at radius 1 is 1.33 bits per heavy atom. The molecule has 0 amide bonds. The zero-order chi connectivity index (χ0) is 11.3. The van der Waals surface area contributed by atoms with Gasteiger partial charge in [0, 0.05) is 20.6 Å². The number of hydrogen-bond donors (Lipinski definition) is 0. The monoisotopic (exact) mass is 208 g/mol. The zero-order valence-electron chi connectivity index (χ0n) is 9.32. The summed E-state index contributed by atoms with van der Waals surface area (Å²) in [5, 5.41) is 0. The van der Waals surface area contributed by atoms with Crippen molar-refractivity contribution in [1.29, 1.82) is 0 Å². The number of carbonyl (C=O) groups excluding carboxylic acids is 1. The fraction of sp³-hybridized carbons (Fsp3) is 0.417. The number of rotatable bonds is 5. The third-order valence-electron chi connectivity index (χ3n) is 2.15. The van der Waals surface area contributed by atoms with Crippen LogP contribution in [0.4, 0.5) is 0 Å². The van der Waals surface area contributed by atoms with Gasteiger partial charge in [-0.3, -0.25) is 4.79 Å². The van der Waals surface area contributed by atoms with E-state index in [9.17, 15) is 4.79 Å². The van der Waals surface area contributed by atoms with Crippen LogP contribution >= 0.6 is 0 Å². The highest BCUT2D eigenvalue weighted by Gasteiger charge is 2.16. The van der Waals surface area contributed by atoms with Crippen molar-refractivity contribution in [2.45, 2.75) is 19.6 Å². The molecule has 0 saturated heterocycles. The molecule has 82 valence electrons. The summed E-state index contributed by atoms with van der Waals surface area (Å²) in [4.78, 5) is 11.6. The molecule has 15 heavy (non-hydrogen) atoms. The van der Waals surface area contributed by atoms with Crippen molar-refractivity contribution in [3.05, 3.63) is 35.4 Å². The Kier molecular flexibility index (Phi) is 4.46. The molecule has 0 saturated carbocycles. The Balaban J connectivity index is 2.65. The lowest BCUT2D eigenvalue weighted by atomic mass is 10.1. The van der Waals surface area contributed by atoms with Crippen molar-refractivity contribution in [1.82, 2.24) is 0 Å². The van der Waals surface area contributed by atoms with Gasteiger partial charge in [0.15, 0.2) is 5.78 Å². The first kappa shape index (κ1) is 11.9. The minimum atomic E-state index is -0.759. The molecule has 0 aliphatic rings. The van der Waals surface area contributed by atoms with Crippen molar-refractivity contribution >= 4 is 5.78 Å². The Hall–Kier alpha value is -1.19. The lowest BCUT2D eigenvalue weighted by Crippen LogP contribution is -2.26. The van der Waals surface area contributed by atoms with E-state index >= 15 is 0 Å². The van der Waals surface area contributed by atoms with Crippen LogP contribution in [-0.2, 0) is 20.7 Å². The first-order valence-electron chi connectivity index (χ1n) is 4.81. The van der Waals surface area contributed by atoms with Gasteiger partial charge in [0.05, 0.1) is 0 Å². The minimum Gasteiger partial charge on any atom is -0.349 e. The van der Waals surface area contributed by atoms with Crippen LogP contribution in [0, 0.1) is 6.92 Å². The first-order chi connectivity index (χ1) is 7.17. The molecule has 1 rings (SSSR count). The number of methoxy groups -OCH3 is 2. The van der Waals surface area contributed by atoms with Crippen LogP contribution in [0.25, 0.3) is 0 Å². The first-order valence-corrected chi connectivity index (χ1v) is 4.81. The van der Waals surface area contributed by atoms with Crippen LogP contribution in [0.1, 0.15) is 11.1 Å². The maximum Gasteiger partial charge on any atom is 0.217 e. The molecule has 1 aromatic carbocycles. The molecule has 0 N–H and O–H groups in total. The summed E-state index contributed by atoms with van der Waals surface area (Å²) in [6.45, 7) is 2.00. The van der Waals surface area contributed by atoms with Crippen LogP contribution in [-0.4, -0.2) is 26.3 Å². The van der Waals surface area contributed by atoms with Gasteiger partial charge in [-0.05, 0) is 12.5 Å². The van der Waals surface area contributed by atoms with E-state index in [0.29, 0.717) is 6.42 Å². The lowest BCUT2D eigenvalue weighted by molar-refractivity contribution is -0.155. The summed E-state index contributed by atoms with van der Waals surface area (Å²) in [5.41, 5.74) is 2.13. The summed E-state index contributed by atoms with van der Waals surface area (Å²) in [7, 11) is 2.92. The van der Waals surface area contributed by atoms with Crippen molar-refractivity contribution in [3.8, 4) is 0 Å². The number of benzene rings is 1. The van der Waals surface area contributed by atoms with Gasteiger partial charge >= 0.3 is 0 Å². The Morgan fingerprint density at radius 2 is 2.00 bits per heavy atom. The molecule has 0 fully saturated rings. The Labute approximate surface area is 90.0 Å². The molecule has 3 heteroatoms. The predicted molar refractivity (Wildman–Crippen MR) is 57.7 cm³/mol. The van der Waals surface area contributed by atoms with Gasteiger partial charge in [-0.15, -0.1) is 0 Å². The number of ketones is 1. The van der Waals surface area contributed by atoms with E-state index < -0.39 is 6.29 Å². The third-order valence-corrected chi connectivity index (χ3v) is 2.15. The van der Waals surface area contributed by atoms with Gasteiger partial charge in [-0.1, -0.05) is 29.8 Å². The van der Waals surface area contributed by atoms with Gasteiger partial charge in [0.25, 0.3) is 0 Å². The average molecular weight is 208 g/mol. The number of hydrogen-bond acceptors (Lipinski definition) is 3. The van der Waals surface area contributed by atoms with Crippen LogP contribution in [0.3, 0.4) is 0 Å². The number of Topliss-reactive ketones (excluding diaryl/α,β-unsaturated/α-hetero) is 1. The summed E-state index contributed by atoms with van der Waals surface area (Å²) >= 11 is 0. The van der Waals surface area contributed by atoms with Gasteiger partial charge < -0.3 is 9.47 Å². The summed E-state index contributed by atoms with van der Waals surface area (Å²) in [5.74, 6) is -0.0643. The van der Waals surface area contributed by atoms with E-state index in [0.717, 1.165) is 11.1 Å². The highest BCUT2D eigenvalue weighted by molar-refractivity contribution is 5.84. The molecule has 0 heterocycles. The molecule has 0 spiro atoms. The fourth-order valence-electron chi connectivity index (χ4n) is 1.47. The summed E-state index contributed by atoms with van der Waals surface area (Å²) in [6, 6.07) is 7.85. The van der Waals surface area contributed by atoms with Crippen molar-refractivity contribution in [2.24, 2.45) is 0 Å². The minimum absolute atomic E-state index is 0.0643. The SMILES string of the molecule is COC(OC)C(=O)Cc1cccc(C)c1. The number of ether oxygens (including phenoxy) is 2. The van der Waals surface area contributed by atoms with E-state index in [1.54, 1.807) is 0 Å². The number of carbonyl (C=O) groups is 1. The molecule has 0 aromatic heterocycles. The van der Waals surface area contributed by atoms with E-state index in [4.69, 9.17) is 9.47 Å². The molecular formula is C12H16O3. The molecule has 1 aromatic rings. The molecule has 0 radical (unpaired) electrons. The second kappa shape index (κ2) is 5.63. The van der Waals surface area contributed by atoms with Crippen LogP contribution in [0.2, 0.25) is 0 Å². The molecule has 3 nitrogen and oxygen atoms in total. The standard InChI is InChI=1S/C12H16O3/c1-9-5-4-6-10(7-9)8-11(13)12(14-2)15-3/h4-7,12H,8H2,1-3H3. The van der Waals surface area contributed by atoms with Crippen molar-refractivity contribution < 1.29 is 14.3 Å². The predicted octanol–water partition coefficient (Wildman–Crippen LogP) is 1.73. The van der Waals surface area contributed by atoms with Gasteiger partial charge in [-0.25, -0.2) is 0 Å². The summed E-state index contributed by atoms with van der Waals surface area (Å²) < 4.78 is 9.78. The topological polar surface area (TPSA) is 35.5 Å². The largest absolute Gasteiger partial charge is 0.349 e. The van der Waals surface area contributed by atoms with Gasteiger partial charge in [-0.2, -0.15) is 0 Å². The fourth-order valence-corrected chi connectivity index (χ4v) is 1.47. The normalized spacial score (nSPS) is 10.7. The quantitative estimate of drug-likeness (QED) is 0.691. The second-order valence-electron chi connectivity index (χ2n) is 3.44. The molecular weight excluding hydrogens is 192 g/mol. The maximum atomic E-state index is 11.6. The molecule has 0 aliphatic heterocycles. The highest BCUT2D eigenvalue weighted by atomic mass is 16.7. The van der Waals surface area contributed by atoms with E-state index in [2.05, 4.69) is 0 Å². The average Bonchev–Trinajstić information content (AvgIpc) is 2.19. The van der Waals surface area contributed by atoms with E-state index in [1.807, 2.05) is 31.2 Å². The second-order valence-corrected chi connectivity index (χ2v) is 3.44. The lowest BCUT2D eigenvalue weighted by Gasteiger charge is -2.11. The van der Waals surface area contributed by atoms with Crippen LogP contribution in [0.15, 0.2) is 24.3 Å². The molecule has 0 atom stereocenters. The van der Waals surface area contributed by atoms with Gasteiger partial charge in [0.1, 0.15) is 0 Å². The molecule has 0 unspecified atom stereocenters. The van der Waals surface area contributed by atoms with E-state index in [1.165, 1.54) is 14.2 Å². The smallest absolute Gasteiger partial charge is 0.217 e. The maximum absolute atomic E-state index is 11.6. The third kappa shape index (κ3) is 3.46. The molecule has 0 bridgehead atoms. The number of aryl methyl sites for hydroxylation is 1. The highest BCUT2D eigenvalue weighted by Crippen LogP contribution is 2.07. The van der Waals surface area contributed by atoms with Gasteiger partial charge in [0.2, 0.25) is 6.29 Å². The Morgan fingerprint density at radius 3 is 2.53 bits per heavy atom.